The van der Waals surface area contributed by atoms with Crippen LogP contribution >= 0.6 is 0 Å². The van der Waals surface area contributed by atoms with Gasteiger partial charge in [-0.25, -0.2) is 0 Å². The van der Waals surface area contributed by atoms with Crippen LogP contribution in [0, 0.1) is 17.2 Å². The second-order valence-electron chi connectivity index (χ2n) is 10.0. The van der Waals surface area contributed by atoms with Gasteiger partial charge in [0.1, 0.15) is 5.92 Å². The molecular weight excluding hydrogens is 545 g/mol. The van der Waals surface area contributed by atoms with Gasteiger partial charge in [-0.2, -0.15) is 18.4 Å². The molecule has 1 N–H and O–H groups in total. The Labute approximate surface area is 241 Å². The molecule has 2 atom stereocenters. The number of anilines is 2. The van der Waals surface area contributed by atoms with E-state index in [4.69, 9.17) is 0 Å². The average molecular weight is 575 g/mol. The minimum atomic E-state index is -4.66. The van der Waals surface area contributed by atoms with Gasteiger partial charge in [-0.3, -0.25) is 19.3 Å². The maximum absolute atomic E-state index is 14.1. The SMILES string of the molecule is CC(=O)C1=C(C)N(c2cccc(C(F)(F)F)c2)C(=O)C(C(=O)NCCN(C)c2ccccc2)C1c1ccc(C#N)cc1. The van der Waals surface area contributed by atoms with Gasteiger partial charge in [-0.15, -0.1) is 0 Å². The Balaban J connectivity index is 1.76. The molecule has 0 spiro atoms. The molecule has 0 aliphatic carbocycles. The highest BCUT2D eigenvalue weighted by molar-refractivity contribution is 6.15. The molecule has 216 valence electrons. The predicted octanol–water partition coefficient (Wildman–Crippen LogP) is 5.44. The zero-order valence-corrected chi connectivity index (χ0v) is 23.3. The normalized spacial score (nSPS) is 17.1. The molecule has 4 rings (SSSR count). The number of ketones is 1. The summed E-state index contributed by atoms with van der Waals surface area (Å²) in [5.74, 6) is -4.35. The summed E-state index contributed by atoms with van der Waals surface area (Å²) in [5, 5.41) is 12.0. The Morgan fingerprint density at radius 1 is 1.02 bits per heavy atom. The van der Waals surface area contributed by atoms with Crippen molar-refractivity contribution in [3.63, 3.8) is 0 Å². The first-order valence-corrected chi connectivity index (χ1v) is 13.2. The van der Waals surface area contributed by atoms with Gasteiger partial charge < -0.3 is 10.2 Å². The molecular formula is C32H29F3N4O3. The van der Waals surface area contributed by atoms with E-state index < -0.39 is 41.2 Å². The third-order valence-corrected chi connectivity index (χ3v) is 7.29. The van der Waals surface area contributed by atoms with Gasteiger partial charge >= 0.3 is 6.18 Å². The summed E-state index contributed by atoms with van der Waals surface area (Å²) in [6.45, 7) is 3.34. The standard InChI is InChI=1S/C32H29F3N4O3/c1-20-27(21(2)40)28(23-14-12-22(19-36)13-15-23)29(30(41)37-16-17-38(3)25-9-5-4-6-10-25)31(42)39(20)26-11-7-8-24(18-26)32(33,34)35/h4-15,18,28-29H,16-17H2,1-3H3,(H,37,41). The van der Waals surface area contributed by atoms with Crippen molar-refractivity contribution >= 4 is 29.0 Å². The van der Waals surface area contributed by atoms with Gasteiger partial charge in [0.2, 0.25) is 11.8 Å². The molecule has 0 saturated heterocycles. The van der Waals surface area contributed by atoms with Crippen molar-refractivity contribution in [3.05, 3.63) is 107 Å². The molecule has 1 aliphatic heterocycles. The summed E-state index contributed by atoms with van der Waals surface area (Å²) in [4.78, 5) is 43.9. The number of nitriles is 1. The first kappa shape index (κ1) is 30.1. The largest absolute Gasteiger partial charge is 0.416 e. The summed E-state index contributed by atoms with van der Waals surface area (Å²) in [6, 6.07) is 21.9. The van der Waals surface area contributed by atoms with Gasteiger partial charge in [0.25, 0.3) is 0 Å². The molecule has 1 aliphatic rings. The van der Waals surface area contributed by atoms with Crippen LogP contribution in [0.2, 0.25) is 0 Å². The van der Waals surface area contributed by atoms with Crippen molar-refractivity contribution in [2.75, 3.05) is 29.9 Å². The lowest BCUT2D eigenvalue weighted by atomic mass is 9.74. The van der Waals surface area contributed by atoms with Crippen molar-refractivity contribution in [1.82, 2.24) is 5.32 Å². The minimum absolute atomic E-state index is 0.106. The number of rotatable bonds is 8. The van der Waals surface area contributed by atoms with Crippen molar-refractivity contribution in [2.24, 2.45) is 5.92 Å². The summed E-state index contributed by atoms with van der Waals surface area (Å²) in [6.07, 6.45) is -4.66. The lowest BCUT2D eigenvalue weighted by Crippen LogP contribution is -2.51. The summed E-state index contributed by atoms with van der Waals surface area (Å²) in [5.41, 5.74) is 0.908. The number of Topliss-reactive ketones (excluding diaryl/α,β-unsaturated/α-hetero) is 1. The van der Waals surface area contributed by atoms with E-state index >= 15 is 0 Å². The molecule has 7 nitrogen and oxygen atoms in total. The van der Waals surface area contributed by atoms with Crippen LogP contribution in [0.15, 0.2) is 90.1 Å². The highest BCUT2D eigenvalue weighted by atomic mass is 19.4. The number of carbonyl (C=O) groups is 3. The van der Waals surface area contributed by atoms with Gasteiger partial charge in [0.15, 0.2) is 5.78 Å². The van der Waals surface area contributed by atoms with E-state index in [1.807, 2.05) is 48.3 Å². The fraction of sp³-hybridized carbons (Fsp3) is 0.250. The van der Waals surface area contributed by atoms with Crippen LogP contribution in [0.4, 0.5) is 24.5 Å². The van der Waals surface area contributed by atoms with E-state index in [1.54, 1.807) is 12.1 Å². The number of carbonyl (C=O) groups excluding carboxylic acids is 3. The van der Waals surface area contributed by atoms with Crippen molar-refractivity contribution in [3.8, 4) is 6.07 Å². The molecule has 42 heavy (non-hydrogen) atoms. The summed E-state index contributed by atoms with van der Waals surface area (Å²) >= 11 is 0. The first-order chi connectivity index (χ1) is 19.9. The quantitative estimate of drug-likeness (QED) is 0.362. The topological polar surface area (TPSA) is 93.5 Å². The van der Waals surface area contributed by atoms with Crippen LogP contribution in [0.3, 0.4) is 0 Å². The smallest absolute Gasteiger partial charge is 0.373 e. The highest BCUT2D eigenvalue weighted by Gasteiger charge is 2.47. The molecule has 0 saturated carbocycles. The van der Waals surface area contributed by atoms with Crippen LogP contribution in [0.5, 0.6) is 0 Å². The molecule has 0 bridgehead atoms. The number of amides is 2. The van der Waals surface area contributed by atoms with E-state index in [0.717, 1.165) is 22.7 Å². The zero-order valence-electron chi connectivity index (χ0n) is 23.3. The Kier molecular flexibility index (Phi) is 8.81. The van der Waals surface area contributed by atoms with Crippen LogP contribution in [-0.2, 0) is 20.6 Å². The second-order valence-corrected chi connectivity index (χ2v) is 10.0. The Morgan fingerprint density at radius 2 is 1.69 bits per heavy atom. The molecule has 2 amide bonds. The molecule has 0 fully saturated rings. The number of benzene rings is 3. The maximum Gasteiger partial charge on any atom is 0.416 e. The van der Waals surface area contributed by atoms with E-state index in [2.05, 4.69) is 5.32 Å². The Morgan fingerprint density at radius 3 is 2.29 bits per heavy atom. The van der Waals surface area contributed by atoms with Gasteiger partial charge in [0.05, 0.1) is 17.2 Å². The zero-order chi connectivity index (χ0) is 30.6. The third-order valence-electron chi connectivity index (χ3n) is 7.29. The molecule has 3 aromatic rings. The minimum Gasteiger partial charge on any atom is -0.373 e. The number of nitrogens with zero attached hydrogens (tertiary/aromatic N) is 3. The lowest BCUT2D eigenvalue weighted by molar-refractivity contribution is -0.138. The predicted molar refractivity (Wildman–Crippen MR) is 152 cm³/mol. The van der Waals surface area contributed by atoms with E-state index in [9.17, 15) is 32.8 Å². The number of nitrogens with one attached hydrogen (secondary N) is 1. The molecule has 0 aromatic heterocycles. The number of likely N-dealkylation sites (N-methyl/N-ethyl adjacent to an activating group) is 1. The average Bonchev–Trinajstić information content (AvgIpc) is 2.96. The van der Waals surface area contributed by atoms with E-state index in [1.165, 1.54) is 38.1 Å². The number of hydrogen-bond acceptors (Lipinski definition) is 5. The molecule has 10 heteroatoms. The van der Waals surface area contributed by atoms with E-state index in [0.29, 0.717) is 17.7 Å². The van der Waals surface area contributed by atoms with Gasteiger partial charge in [-0.1, -0.05) is 36.4 Å². The first-order valence-electron chi connectivity index (χ1n) is 13.2. The van der Waals surface area contributed by atoms with Crippen molar-refractivity contribution < 1.29 is 27.6 Å². The number of hydrogen-bond donors (Lipinski definition) is 1. The van der Waals surface area contributed by atoms with E-state index in [-0.39, 0.29) is 23.5 Å². The molecule has 3 aromatic carbocycles. The lowest BCUT2D eigenvalue weighted by Gasteiger charge is -2.39. The van der Waals surface area contributed by atoms with Gasteiger partial charge in [0, 0.05) is 48.7 Å². The summed E-state index contributed by atoms with van der Waals surface area (Å²) in [7, 11) is 1.85. The fourth-order valence-corrected chi connectivity index (χ4v) is 5.23. The van der Waals surface area contributed by atoms with Crippen LogP contribution in [0.25, 0.3) is 0 Å². The highest BCUT2D eigenvalue weighted by Crippen LogP contribution is 2.43. The third kappa shape index (κ3) is 6.20. The second kappa shape index (κ2) is 12.3. The fourth-order valence-electron chi connectivity index (χ4n) is 5.23. The number of allylic oxidation sites excluding steroid dienone is 2. The maximum atomic E-state index is 14.1. The molecule has 2 unspecified atom stereocenters. The van der Waals surface area contributed by atoms with Gasteiger partial charge in [-0.05, 0) is 61.9 Å². The number of alkyl halides is 3. The molecule has 1 heterocycles. The van der Waals surface area contributed by atoms with Crippen molar-refractivity contribution in [1.29, 1.82) is 5.26 Å². The molecule has 0 radical (unpaired) electrons. The van der Waals surface area contributed by atoms with Crippen LogP contribution in [-0.4, -0.2) is 37.7 Å². The Bertz CT molecular complexity index is 1560. The van der Waals surface area contributed by atoms with Crippen LogP contribution < -0.4 is 15.1 Å². The monoisotopic (exact) mass is 574 g/mol. The van der Waals surface area contributed by atoms with Crippen molar-refractivity contribution in [2.45, 2.75) is 25.9 Å². The van der Waals surface area contributed by atoms with Crippen LogP contribution in [0.1, 0.15) is 36.5 Å². The number of halogens is 3. The Hall–Kier alpha value is -4.91. The number of para-hydroxylation sites is 1. The summed E-state index contributed by atoms with van der Waals surface area (Å²) < 4.78 is 40.7.